The second-order valence-corrected chi connectivity index (χ2v) is 7.57. The van der Waals surface area contributed by atoms with E-state index in [0.29, 0.717) is 15.6 Å². The van der Waals surface area contributed by atoms with Crippen molar-refractivity contribution >= 4 is 44.8 Å². The standard InChI is InChI=1S/C15H16N4O3S2/c1-6-9-5-10(23-14(9)19(4)18-6)12(20)16-8(3)13-17-7(2)11(24-13)15(21)22/h5,8H,1-4H3,(H,16,20)(H,21,22). The maximum Gasteiger partial charge on any atom is 0.347 e. The first-order chi connectivity index (χ1) is 11.3. The first-order valence-corrected chi connectivity index (χ1v) is 8.86. The van der Waals surface area contributed by atoms with Crippen LogP contribution in [0.1, 0.15) is 48.7 Å². The summed E-state index contributed by atoms with van der Waals surface area (Å²) in [4.78, 5) is 29.6. The van der Waals surface area contributed by atoms with Gasteiger partial charge in [-0.2, -0.15) is 5.10 Å². The molecule has 3 rings (SSSR count). The lowest BCUT2D eigenvalue weighted by atomic mass is 10.3. The number of fused-ring (bicyclic) bond motifs is 1. The third-order valence-corrected chi connectivity index (χ3v) is 6.17. The number of carbonyl (C=O) groups excluding carboxylic acids is 1. The molecule has 9 heteroatoms. The molecule has 0 spiro atoms. The summed E-state index contributed by atoms with van der Waals surface area (Å²) in [7, 11) is 1.85. The molecule has 1 unspecified atom stereocenters. The number of rotatable bonds is 4. The summed E-state index contributed by atoms with van der Waals surface area (Å²) in [6, 6.07) is 1.47. The molecular weight excluding hydrogens is 348 g/mol. The van der Waals surface area contributed by atoms with Crippen molar-refractivity contribution in [2.45, 2.75) is 26.8 Å². The number of carboxylic acid groups (broad SMARTS) is 1. The molecule has 126 valence electrons. The van der Waals surface area contributed by atoms with Crippen molar-refractivity contribution in [1.29, 1.82) is 0 Å². The lowest BCUT2D eigenvalue weighted by Crippen LogP contribution is -2.25. The molecule has 0 bridgehead atoms. The average molecular weight is 364 g/mol. The fourth-order valence-electron chi connectivity index (χ4n) is 2.45. The minimum absolute atomic E-state index is 0.201. The SMILES string of the molecule is Cc1nc(C(C)NC(=O)c2cc3c(C)nn(C)c3s2)sc1C(=O)O. The number of carbonyl (C=O) groups is 2. The Hall–Kier alpha value is -2.26. The van der Waals surface area contributed by atoms with Crippen molar-refractivity contribution in [2.75, 3.05) is 0 Å². The van der Waals surface area contributed by atoms with E-state index in [1.165, 1.54) is 11.3 Å². The molecule has 0 radical (unpaired) electrons. The zero-order valence-corrected chi connectivity index (χ0v) is 15.2. The van der Waals surface area contributed by atoms with Crippen LogP contribution in [0.15, 0.2) is 6.07 Å². The fraction of sp³-hybridized carbons (Fsp3) is 0.333. The van der Waals surface area contributed by atoms with Gasteiger partial charge in [-0.3, -0.25) is 9.48 Å². The molecule has 0 aromatic carbocycles. The van der Waals surface area contributed by atoms with Crippen LogP contribution in [-0.2, 0) is 7.05 Å². The molecule has 0 aliphatic rings. The van der Waals surface area contributed by atoms with Crippen LogP contribution in [0.4, 0.5) is 0 Å². The number of hydrogen-bond donors (Lipinski definition) is 2. The molecule has 3 aromatic rings. The van der Waals surface area contributed by atoms with Crippen LogP contribution in [0.25, 0.3) is 10.2 Å². The molecule has 0 saturated heterocycles. The predicted octanol–water partition coefficient (Wildman–Crippen LogP) is 2.90. The zero-order valence-electron chi connectivity index (χ0n) is 13.6. The quantitative estimate of drug-likeness (QED) is 0.742. The molecule has 2 N–H and O–H groups in total. The van der Waals surface area contributed by atoms with E-state index >= 15 is 0 Å². The van der Waals surface area contributed by atoms with Gasteiger partial charge in [-0.1, -0.05) is 0 Å². The van der Waals surface area contributed by atoms with Gasteiger partial charge >= 0.3 is 5.97 Å². The van der Waals surface area contributed by atoms with Crippen molar-refractivity contribution in [1.82, 2.24) is 20.1 Å². The Morgan fingerprint density at radius 2 is 2.00 bits per heavy atom. The maximum atomic E-state index is 12.5. The monoisotopic (exact) mass is 364 g/mol. The van der Waals surface area contributed by atoms with Crippen LogP contribution in [0, 0.1) is 13.8 Å². The molecule has 0 fully saturated rings. The number of thiophene rings is 1. The van der Waals surface area contributed by atoms with Crippen LogP contribution in [-0.4, -0.2) is 31.7 Å². The molecule has 3 heterocycles. The third-order valence-electron chi connectivity index (χ3n) is 3.65. The molecule has 7 nitrogen and oxygen atoms in total. The maximum absolute atomic E-state index is 12.5. The molecule has 3 aromatic heterocycles. The predicted molar refractivity (Wildman–Crippen MR) is 93.0 cm³/mol. The van der Waals surface area contributed by atoms with E-state index in [4.69, 9.17) is 5.11 Å². The van der Waals surface area contributed by atoms with Gasteiger partial charge in [0.2, 0.25) is 0 Å². The van der Waals surface area contributed by atoms with Gasteiger partial charge in [-0.05, 0) is 26.8 Å². The number of amides is 1. The largest absolute Gasteiger partial charge is 0.477 e. The Balaban J connectivity index is 1.81. The summed E-state index contributed by atoms with van der Waals surface area (Å²) < 4.78 is 1.76. The normalized spacial score (nSPS) is 12.5. The van der Waals surface area contributed by atoms with Crippen molar-refractivity contribution in [3.63, 3.8) is 0 Å². The van der Waals surface area contributed by atoms with E-state index in [-0.39, 0.29) is 16.8 Å². The van der Waals surface area contributed by atoms with Crippen LogP contribution < -0.4 is 5.32 Å². The summed E-state index contributed by atoms with van der Waals surface area (Å²) in [6.45, 7) is 5.35. The minimum atomic E-state index is -0.998. The van der Waals surface area contributed by atoms with E-state index < -0.39 is 5.97 Å². The topological polar surface area (TPSA) is 97.1 Å². The zero-order chi connectivity index (χ0) is 17.6. The van der Waals surface area contributed by atoms with E-state index in [9.17, 15) is 9.59 Å². The van der Waals surface area contributed by atoms with Gasteiger partial charge in [0.15, 0.2) is 0 Å². The highest BCUT2D eigenvalue weighted by Crippen LogP contribution is 2.29. The highest BCUT2D eigenvalue weighted by molar-refractivity contribution is 7.20. The number of aromatic carboxylic acids is 1. The molecular formula is C15H16N4O3S2. The molecule has 0 saturated carbocycles. The van der Waals surface area contributed by atoms with Gasteiger partial charge in [0.1, 0.15) is 14.7 Å². The summed E-state index contributed by atoms with van der Waals surface area (Å²) in [5.74, 6) is -1.20. The number of thiazole rings is 1. The van der Waals surface area contributed by atoms with Crippen molar-refractivity contribution < 1.29 is 14.7 Å². The van der Waals surface area contributed by atoms with Crippen molar-refractivity contribution in [3.05, 3.63) is 32.2 Å². The molecule has 1 amide bonds. The van der Waals surface area contributed by atoms with Crippen LogP contribution in [0.5, 0.6) is 0 Å². The number of aromatic nitrogens is 3. The van der Waals surface area contributed by atoms with Crippen molar-refractivity contribution in [2.24, 2.45) is 7.05 Å². The minimum Gasteiger partial charge on any atom is -0.477 e. The van der Waals surface area contributed by atoms with Crippen LogP contribution in [0.3, 0.4) is 0 Å². The van der Waals surface area contributed by atoms with E-state index in [1.807, 2.05) is 20.0 Å². The van der Waals surface area contributed by atoms with Gasteiger partial charge in [0.05, 0.1) is 22.3 Å². The van der Waals surface area contributed by atoms with E-state index in [1.54, 1.807) is 18.5 Å². The first kappa shape index (κ1) is 16.6. The third kappa shape index (κ3) is 2.80. The van der Waals surface area contributed by atoms with Crippen molar-refractivity contribution in [3.8, 4) is 0 Å². The number of nitrogens with one attached hydrogen (secondary N) is 1. The summed E-state index contributed by atoms with van der Waals surface area (Å²) in [6.07, 6.45) is 0. The lowest BCUT2D eigenvalue weighted by molar-refractivity contribution is 0.0701. The summed E-state index contributed by atoms with van der Waals surface area (Å²) in [5, 5.41) is 17.9. The Morgan fingerprint density at radius 3 is 2.58 bits per heavy atom. The molecule has 1 atom stereocenters. The van der Waals surface area contributed by atoms with Gasteiger partial charge in [-0.25, -0.2) is 9.78 Å². The Bertz CT molecular complexity index is 919. The van der Waals surface area contributed by atoms with Crippen LogP contribution in [0.2, 0.25) is 0 Å². The molecule has 0 aliphatic carbocycles. The smallest absolute Gasteiger partial charge is 0.347 e. The summed E-state index contributed by atoms with van der Waals surface area (Å²) in [5.41, 5.74) is 1.35. The van der Waals surface area contributed by atoms with Crippen LogP contribution >= 0.6 is 22.7 Å². The fourth-order valence-corrected chi connectivity index (χ4v) is 4.38. The highest BCUT2D eigenvalue weighted by Gasteiger charge is 2.21. The second kappa shape index (κ2) is 5.99. The van der Waals surface area contributed by atoms with E-state index in [2.05, 4.69) is 15.4 Å². The van der Waals surface area contributed by atoms with Gasteiger partial charge < -0.3 is 10.4 Å². The average Bonchev–Trinajstić information content (AvgIpc) is 3.16. The molecule has 0 aliphatic heterocycles. The Morgan fingerprint density at radius 1 is 1.29 bits per heavy atom. The lowest BCUT2D eigenvalue weighted by Gasteiger charge is -2.09. The first-order valence-electron chi connectivity index (χ1n) is 7.22. The molecule has 24 heavy (non-hydrogen) atoms. The van der Waals surface area contributed by atoms with Gasteiger partial charge in [0, 0.05) is 12.4 Å². The second-order valence-electron chi connectivity index (χ2n) is 5.51. The summed E-state index contributed by atoms with van der Waals surface area (Å²) >= 11 is 2.47. The van der Waals surface area contributed by atoms with Gasteiger partial charge in [0.25, 0.3) is 5.91 Å². The number of hydrogen-bond acceptors (Lipinski definition) is 6. The number of carboxylic acids is 1. The number of nitrogens with zero attached hydrogens (tertiary/aromatic N) is 3. The van der Waals surface area contributed by atoms with E-state index in [0.717, 1.165) is 27.2 Å². The Kier molecular flexibility index (Phi) is 4.14. The van der Waals surface area contributed by atoms with Gasteiger partial charge in [-0.15, -0.1) is 22.7 Å². The number of aryl methyl sites for hydroxylation is 3. The Labute approximate surface area is 145 Å². The highest BCUT2D eigenvalue weighted by atomic mass is 32.1.